The molecule has 0 radical (unpaired) electrons. The van der Waals surface area contributed by atoms with Crippen LogP contribution in [0.5, 0.6) is 0 Å². The Morgan fingerprint density at radius 3 is 0.826 bits per heavy atom. The lowest BCUT2D eigenvalue weighted by Gasteiger charge is -2.11. The van der Waals surface area contributed by atoms with Crippen molar-refractivity contribution >= 4 is 34.8 Å². The van der Waals surface area contributed by atoms with E-state index in [1.54, 1.807) is 6.07 Å². The van der Waals surface area contributed by atoms with Crippen molar-refractivity contribution in [2.24, 2.45) is 0 Å². The second kappa shape index (κ2) is 19.1. The van der Waals surface area contributed by atoms with E-state index in [0.717, 1.165) is 77.9 Å². The van der Waals surface area contributed by atoms with E-state index in [1.807, 2.05) is 109 Å². The molecule has 3 aromatic heterocycles. The molecular formula is C58H35Cl3N8. The van der Waals surface area contributed by atoms with E-state index in [9.17, 15) is 0 Å². The number of nitrogens with zero attached hydrogens (tertiary/aromatic N) is 8. The molecule has 11 aromatic rings. The van der Waals surface area contributed by atoms with Crippen molar-refractivity contribution in [2.75, 3.05) is 0 Å². The standard InChI is InChI=1S/C58H35Cl3N8/c59-51-35-50(46-25-9-21-42(31-46)38-17-7-18-39(29-38)44-23-11-27-48(33-44)55-64-52(66-57(60)68-55)36-13-3-1-4-14-36)62-54(63-51)47-26-10-22-43(32-47)40-19-8-20-41(30-40)45-24-12-28-49(34-45)56-65-53(67-58(61)69-56)37-15-5-2-6-16-37/h1-35H. The highest BCUT2D eigenvalue weighted by Gasteiger charge is 2.15. The summed E-state index contributed by atoms with van der Waals surface area (Å²) in [6.07, 6.45) is 0. The monoisotopic (exact) mass is 948 g/mol. The molecular weight excluding hydrogens is 915 g/mol. The Labute approximate surface area is 413 Å². The Morgan fingerprint density at radius 2 is 0.464 bits per heavy atom. The van der Waals surface area contributed by atoms with E-state index in [0.29, 0.717) is 40.0 Å². The summed E-state index contributed by atoms with van der Waals surface area (Å²) in [5.41, 5.74) is 14.1. The summed E-state index contributed by atoms with van der Waals surface area (Å²) in [6.45, 7) is 0. The van der Waals surface area contributed by atoms with Gasteiger partial charge in [-0.25, -0.2) is 19.9 Å². The summed E-state index contributed by atoms with van der Waals surface area (Å²) < 4.78 is 0. The number of aromatic nitrogens is 8. The minimum Gasteiger partial charge on any atom is -0.228 e. The van der Waals surface area contributed by atoms with E-state index in [4.69, 9.17) is 49.8 Å². The maximum atomic E-state index is 6.76. The lowest BCUT2D eigenvalue weighted by molar-refractivity contribution is 1.07. The van der Waals surface area contributed by atoms with Gasteiger partial charge in [0.15, 0.2) is 29.1 Å². The fraction of sp³-hybridized carbons (Fsp3) is 0. The molecule has 0 unspecified atom stereocenters. The molecule has 0 fully saturated rings. The largest absolute Gasteiger partial charge is 0.228 e. The van der Waals surface area contributed by atoms with Crippen LogP contribution in [-0.2, 0) is 0 Å². The number of rotatable bonds is 10. The van der Waals surface area contributed by atoms with Gasteiger partial charge in [-0.05, 0) is 104 Å². The van der Waals surface area contributed by atoms with E-state index in [2.05, 4.69) is 122 Å². The van der Waals surface area contributed by atoms with Crippen LogP contribution < -0.4 is 0 Å². The van der Waals surface area contributed by atoms with Gasteiger partial charge in [-0.2, -0.15) is 19.9 Å². The molecule has 0 aliphatic rings. The van der Waals surface area contributed by atoms with Crippen LogP contribution in [0.2, 0.25) is 15.7 Å². The molecule has 69 heavy (non-hydrogen) atoms. The van der Waals surface area contributed by atoms with Crippen molar-refractivity contribution in [1.29, 1.82) is 0 Å². The van der Waals surface area contributed by atoms with E-state index in [1.165, 1.54) is 0 Å². The normalized spacial score (nSPS) is 11.1. The SMILES string of the molecule is Clc1cc(-c2cccc(-c3cccc(-c4cccc(-c5nc(Cl)nc(-c6ccccc6)n5)c4)c3)c2)nc(-c2cccc(-c3cccc(-c4cccc(-c5nc(Cl)nc(-c6ccccc6)n5)c4)c3)c2)n1. The molecule has 8 aromatic carbocycles. The Hall–Kier alpha value is -8.27. The smallest absolute Gasteiger partial charge is 0.226 e. The summed E-state index contributed by atoms with van der Waals surface area (Å²) >= 11 is 19.6. The molecule has 0 aliphatic carbocycles. The topological polar surface area (TPSA) is 103 Å². The lowest BCUT2D eigenvalue weighted by Crippen LogP contribution is -1.97. The molecule has 0 aliphatic heterocycles. The van der Waals surface area contributed by atoms with E-state index in [-0.39, 0.29) is 10.6 Å². The fourth-order valence-corrected chi connectivity index (χ4v) is 8.72. The molecule has 0 saturated carbocycles. The molecule has 0 bridgehead atoms. The average molecular weight is 950 g/mol. The van der Waals surface area contributed by atoms with Gasteiger partial charge in [-0.3, -0.25) is 0 Å². The van der Waals surface area contributed by atoms with Gasteiger partial charge in [-0.15, -0.1) is 0 Å². The van der Waals surface area contributed by atoms with Gasteiger partial charge >= 0.3 is 0 Å². The summed E-state index contributed by atoms with van der Waals surface area (Å²) in [5.74, 6) is 2.57. The first-order chi connectivity index (χ1) is 33.8. The van der Waals surface area contributed by atoms with Crippen LogP contribution in [0.4, 0.5) is 0 Å². The molecule has 11 heteroatoms. The number of benzene rings is 8. The van der Waals surface area contributed by atoms with E-state index >= 15 is 0 Å². The van der Waals surface area contributed by atoms with Gasteiger partial charge in [0.1, 0.15) is 5.15 Å². The first-order valence-electron chi connectivity index (χ1n) is 22.0. The predicted molar refractivity (Wildman–Crippen MR) is 278 cm³/mol. The van der Waals surface area contributed by atoms with Crippen LogP contribution in [0.1, 0.15) is 0 Å². The van der Waals surface area contributed by atoms with Crippen LogP contribution in [0, 0.1) is 0 Å². The molecule has 0 spiro atoms. The predicted octanol–water partition coefficient (Wildman–Crippen LogP) is 15.5. The highest BCUT2D eigenvalue weighted by molar-refractivity contribution is 6.30. The van der Waals surface area contributed by atoms with Crippen LogP contribution >= 0.6 is 34.8 Å². The van der Waals surface area contributed by atoms with Crippen LogP contribution in [-0.4, -0.2) is 39.9 Å². The molecule has 0 atom stereocenters. The van der Waals surface area contributed by atoms with Crippen molar-refractivity contribution in [3.8, 4) is 113 Å². The van der Waals surface area contributed by atoms with Gasteiger partial charge in [0, 0.05) is 39.4 Å². The molecule has 328 valence electrons. The van der Waals surface area contributed by atoms with E-state index < -0.39 is 0 Å². The van der Waals surface area contributed by atoms with Gasteiger partial charge in [0.25, 0.3) is 0 Å². The lowest BCUT2D eigenvalue weighted by atomic mass is 9.96. The maximum Gasteiger partial charge on any atom is 0.226 e. The Bertz CT molecular complexity index is 3450. The number of hydrogen-bond acceptors (Lipinski definition) is 8. The van der Waals surface area contributed by atoms with Crippen molar-refractivity contribution in [1.82, 2.24) is 39.9 Å². The Balaban J connectivity index is 0.853. The van der Waals surface area contributed by atoms with Crippen LogP contribution in [0.3, 0.4) is 0 Å². The third-order valence-corrected chi connectivity index (χ3v) is 12.1. The number of hydrogen-bond donors (Lipinski definition) is 0. The first-order valence-corrected chi connectivity index (χ1v) is 23.1. The summed E-state index contributed by atoms with van der Waals surface area (Å²) in [5, 5.41) is 0.625. The summed E-state index contributed by atoms with van der Waals surface area (Å²) in [4.78, 5) is 37.0. The highest BCUT2D eigenvalue weighted by Crippen LogP contribution is 2.35. The van der Waals surface area contributed by atoms with Gasteiger partial charge < -0.3 is 0 Å². The van der Waals surface area contributed by atoms with Gasteiger partial charge in [-0.1, -0.05) is 181 Å². The van der Waals surface area contributed by atoms with Crippen LogP contribution in [0.25, 0.3) is 113 Å². The minimum atomic E-state index is 0.138. The third-order valence-electron chi connectivity index (χ3n) is 11.6. The Kier molecular flexibility index (Phi) is 12.0. The summed E-state index contributed by atoms with van der Waals surface area (Å²) in [7, 11) is 0. The average Bonchev–Trinajstić information content (AvgIpc) is 3.41. The minimum absolute atomic E-state index is 0.138. The molecule has 3 heterocycles. The summed E-state index contributed by atoms with van der Waals surface area (Å²) in [6, 6.07) is 70.9. The zero-order valence-corrected chi connectivity index (χ0v) is 38.7. The number of halogens is 3. The molecule has 8 nitrogen and oxygen atoms in total. The fourth-order valence-electron chi connectivity index (χ4n) is 8.21. The molecule has 0 N–H and O–H groups in total. The third kappa shape index (κ3) is 9.64. The van der Waals surface area contributed by atoms with Crippen molar-refractivity contribution < 1.29 is 0 Å². The highest BCUT2D eigenvalue weighted by atomic mass is 35.5. The van der Waals surface area contributed by atoms with Crippen LogP contribution in [0.15, 0.2) is 212 Å². The van der Waals surface area contributed by atoms with Crippen molar-refractivity contribution in [2.45, 2.75) is 0 Å². The first kappa shape index (κ1) is 43.3. The molecule has 0 amide bonds. The second-order valence-corrected chi connectivity index (χ2v) is 17.2. The molecule has 0 saturated heterocycles. The molecule has 11 rings (SSSR count). The second-order valence-electron chi connectivity index (χ2n) is 16.1. The quantitative estimate of drug-likeness (QED) is 0.125. The van der Waals surface area contributed by atoms with Gasteiger partial charge in [0.05, 0.1) is 5.69 Å². The zero-order chi connectivity index (χ0) is 46.7. The van der Waals surface area contributed by atoms with Crippen molar-refractivity contribution in [3.05, 3.63) is 228 Å². The van der Waals surface area contributed by atoms with Crippen molar-refractivity contribution in [3.63, 3.8) is 0 Å². The maximum absolute atomic E-state index is 6.76. The van der Waals surface area contributed by atoms with Gasteiger partial charge in [0.2, 0.25) is 10.6 Å². The zero-order valence-electron chi connectivity index (χ0n) is 36.4. The Morgan fingerprint density at radius 1 is 0.203 bits per heavy atom.